The van der Waals surface area contributed by atoms with Crippen LogP contribution in [0.3, 0.4) is 0 Å². The highest BCUT2D eigenvalue weighted by Crippen LogP contribution is 2.57. The maximum atomic E-state index is 6.06. The van der Waals surface area contributed by atoms with Gasteiger partial charge in [0.25, 0.3) is 0 Å². The van der Waals surface area contributed by atoms with E-state index in [0.29, 0.717) is 11.8 Å². The van der Waals surface area contributed by atoms with Gasteiger partial charge in [-0.1, -0.05) is 13.8 Å². The van der Waals surface area contributed by atoms with Crippen LogP contribution in [0.2, 0.25) is 0 Å². The summed E-state index contributed by atoms with van der Waals surface area (Å²) in [6, 6.07) is 4.35. The highest BCUT2D eigenvalue weighted by molar-refractivity contribution is 5.37. The summed E-state index contributed by atoms with van der Waals surface area (Å²) in [7, 11) is 1.64. The standard InChI is InChI=1S/C12H18N2O/c1-7-5-8(6-9(14-7)15-4)10-11(13)12(10,2)3/h5-6,10-11H,13H2,1-4H3. The summed E-state index contributed by atoms with van der Waals surface area (Å²) in [6.45, 7) is 6.38. The van der Waals surface area contributed by atoms with Crippen molar-refractivity contribution in [3.8, 4) is 5.88 Å². The zero-order valence-corrected chi connectivity index (χ0v) is 9.74. The number of nitrogens with zero attached hydrogens (tertiary/aromatic N) is 1. The fourth-order valence-corrected chi connectivity index (χ4v) is 2.26. The van der Waals surface area contributed by atoms with Crippen LogP contribution in [-0.4, -0.2) is 18.1 Å². The van der Waals surface area contributed by atoms with Gasteiger partial charge in [-0.2, -0.15) is 0 Å². The van der Waals surface area contributed by atoms with Crippen LogP contribution in [0, 0.1) is 12.3 Å². The molecule has 0 aromatic carbocycles. The number of hydrogen-bond acceptors (Lipinski definition) is 3. The molecule has 0 amide bonds. The zero-order valence-electron chi connectivity index (χ0n) is 9.74. The van der Waals surface area contributed by atoms with E-state index in [9.17, 15) is 0 Å². The van der Waals surface area contributed by atoms with Gasteiger partial charge in [-0.05, 0) is 24.0 Å². The molecule has 1 aromatic rings. The lowest BCUT2D eigenvalue weighted by atomic mass is 10.0. The quantitative estimate of drug-likeness (QED) is 0.803. The van der Waals surface area contributed by atoms with Gasteiger partial charge in [0.15, 0.2) is 0 Å². The van der Waals surface area contributed by atoms with Gasteiger partial charge in [0.1, 0.15) is 0 Å². The number of pyridine rings is 1. The van der Waals surface area contributed by atoms with E-state index in [0.717, 1.165) is 5.69 Å². The summed E-state index contributed by atoms with van der Waals surface area (Å²) >= 11 is 0. The SMILES string of the molecule is COc1cc(C2C(N)C2(C)C)cc(C)n1. The number of aromatic nitrogens is 1. The molecule has 0 spiro atoms. The van der Waals surface area contributed by atoms with Gasteiger partial charge in [0.2, 0.25) is 5.88 Å². The van der Waals surface area contributed by atoms with Crippen LogP contribution in [0.25, 0.3) is 0 Å². The van der Waals surface area contributed by atoms with E-state index in [-0.39, 0.29) is 11.5 Å². The first-order valence-corrected chi connectivity index (χ1v) is 5.25. The Morgan fingerprint density at radius 1 is 1.40 bits per heavy atom. The molecule has 1 heterocycles. The minimum atomic E-state index is 0.207. The molecule has 1 aromatic heterocycles. The summed E-state index contributed by atoms with van der Waals surface area (Å²) in [5.74, 6) is 1.12. The van der Waals surface area contributed by atoms with Crippen molar-refractivity contribution in [1.29, 1.82) is 0 Å². The number of nitrogens with two attached hydrogens (primary N) is 1. The Hall–Kier alpha value is -1.09. The minimum Gasteiger partial charge on any atom is -0.481 e. The van der Waals surface area contributed by atoms with Crippen molar-refractivity contribution in [3.63, 3.8) is 0 Å². The number of aryl methyl sites for hydroxylation is 1. The van der Waals surface area contributed by atoms with E-state index in [1.54, 1.807) is 7.11 Å². The lowest BCUT2D eigenvalue weighted by Crippen LogP contribution is -2.06. The molecule has 0 bridgehead atoms. The number of ether oxygens (including phenoxy) is 1. The molecule has 0 saturated heterocycles. The van der Waals surface area contributed by atoms with E-state index < -0.39 is 0 Å². The smallest absolute Gasteiger partial charge is 0.213 e. The van der Waals surface area contributed by atoms with Crippen LogP contribution in [-0.2, 0) is 0 Å². The van der Waals surface area contributed by atoms with Gasteiger partial charge in [-0.3, -0.25) is 0 Å². The molecule has 2 unspecified atom stereocenters. The molecule has 15 heavy (non-hydrogen) atoms. The first-order chi connectivity index (χ1) is 6.96. The molecular weight excluding hydrogens is 188 g/mol. The van der Waals surface area contributed by atoms with Crippen molar-refractivity contribution in [2.45, 2.75) is 32.7 Å². The Morgan fingerprint density at radius 3 is 2.47 bits per heavy atom. The van der Waals surface area contributed by atoms with Crippen LogP contribution >= 0.6 is 0 Å². The van der Waals surface area contributed by atoms with Gasteiger partial charge in [-0.15, -0.1) is 0 Å². The Kier molecular flexibility index (Phi) is 2.23. The number of rotatable bonds is 2. The summed E-state index contributed by atoms with van der Waals surface area (Å²) in [4.78, 5) is 4.27. The molecule has 0 radical (unpaired) electrons. The Balaban J connectivity index is 2.34. The second kappa shape index (κ2) is 3.20. The second-order valence-corrected chi connectivity index (χ2v) is 4.91. The van der Waals surface area contributed by atoms with Gasteiger partial charge >= 0.3 is 0 Å². The van der Waals surface area contributed by atoms with E-state index in [1.807, 2.05) is 13.0 Å². The van der Waals surface area contributed by atoms with Crippen LogP contribution < -0.4 is 10.5 Å². The van der Waals surface area contributed by atoms with Crippen molar-refractivity contribution in [1.82, 2.24) is 4.98 Å². The van der Waals surface area contributed by atoms with Crippen molar-refractivity contribution in [3.05, 3.63) is 23.4 Å². The van der Waals surface area contributed by atoms with Crippen molar-refractivity contribution >= 4 is 0 Å². The minimum absolute atomic E-state index is 0.207. The molecule has 2 N–H and O–H groups in total. The Bertz CT molecular complexity index is 387. The lowest BCUT2D eigenvalue weighted by Gasteiger charge is -2.06. The van der Waals surface area contributed by atoms with Gasteiger partial charge in [0, 0.05) is 23.7 Å². The largest absolute Gasteiger partial charge is 0.481 e. The molecular formula is C12H18N2O. The first-order valence-electron chi connectivity index (χ1n) is 5.25. The Labute approximate surface area is 90.7 Å². The summed E-state index contributed by atoms with van der Waals surface area (Å²) in [6.07, 6.45) is 0. The highest BCUT2D eigenvalue weighted by Gasteiger charge is 2.56. The maximum absolute atomic E-state index is 6.06. The zero-order chi connectivity index (χ0) is 11.2. The maximum Gasteiger partial charge on any atom is 0.213 e. The van der Waals surface area contributed by atoms with Gasteiger partial charge in [-0.25, -0.2) is 4.98 Å². The molecule has 2 atom stereocenters. The van der Waals surface area contributed by atoms with Crippen LogP contribution in [0.1, 0.15) is 31.0 Å². The molecule has 3 nitrogen and oxygen atoms in total. The summed E-state index contributed by atoms with van der Waals surface area (Å²) in [5, 5.41) is 0. The molecule has 3 heteroatoms. The second-order valence-electron chi connectivity index (χ2n) is 4.91. The molecule has 1 aliphatic rings. The lowest BCUT2D eigenvalue weighted by molar-refractivity contribution is 0.396. The third-order valence-electron chi connectivity index (χ3n) is 3.43. The fraction of sp³-hybridized carbons (Fsp3) is 0.583. The summed E-state index contributed by atoms with van der Waals surface area (Å²) in [5.41, 5.74) is 8.50. The number of methoxy groups -OCH3 is 1. The van der Waals surface area contributed by atoms with E-state index >= 15 is 0 Å². The predicted octanol–water partition coefficient (Wildman–Crippen LogP) is 1.85. The summed E-state index contributed by atoms with van der Waals surface area (Å²) < 4.78 is 5.17. The topological polar surface area (TPSA) is 48.1 Å². The molecule has 1 aliphatic carbocycles. The van der Waals surface area contributed by atoms with E-state index in [1.165, 1.54) is 5.56 Å². The monoisotopic (exact) mass is 206 g/mol. The van der Waals surface area contributed by atoms with Crippen molar-refractivity contribution in [2.75, 3.05) is 7.11 Å². The van der Waals surface area contributed by atoms with Crippen LogP contribution in [0.5, 0.6) is 5.88 Å². The molecule has 0 aliphatic heterocycles. The van der Waals surface area contributed by atoms with Crippen molar-refractivity contribution in [2.24, 2.45) is 11.1 Å². The average Bonchev–Trinajstić information content (AvgIpc) is 2.65. The van der Waals surface area contributed by atoms with Gasteiger partial charge < -0.3 is 10.5 Å². The molecule has 1 saturated carbocycles. The first kappa shape index (κ1) is 10.4. The van der Waals surface area contributed by atoms with Crippen LogP contribution in [0.4, 0.5) is 0 Å². The highest BCUT2D eigenvalue weighted by atomic mass is 16.5. The normalized spacial score (nSPS) is 27.5. The van der Waals surface area contributed by atoms with E-state index in [4.69, 9.17) is 10.5 Å². The van der Waals surface area contributed by atoms with Crippen molar-refractivity contribution < 1.29 is 4.74 Å². The number of hydrogen-bond donors (Lipinski definition) is 1. The van der Waals surface area contributed by atoms with Gasteiger partial charge in [0.05, 0.1) is 7.11 Å². The van der Waals surface area contributed by atoms with Crippen LogP contribution in [0.15, 0.2) is 12.1 Å². The average molecular weight is 206 g/mol. The molecule has 2 rings (SSSR count). The Morgan fingerprint density at radius 2 is 2.00 bits per heavy atom. The third-order valence-corrected chi connectivity index (χ3v) is 3.43. The third kappa shape index (κ3) is 1.61. The predicted molar refractivity (Wildman–Crippen MR) is 60.0 cm³/mol. The fourth-order valence-electron chi connectivity index (χ4n) is 2.26. The van der Waals surface area contributed by atoms with E-state index in [2.05, 4.69) is 24.9 Å². The molecule has 1 fully saturated rings. The molecule has 82 valence electrons.